The first-order chi connectivity index (χ1) is 18.7. The number of carbonyl (C=O) groups is 4. The van der Waals surface area contributed by atoms with Gasteiger partial charge in [0.1, 0.15) is 11.9 Å². The number of carboxylic acid groups (broad SMARTS) is 1. The van der Waals surface area contributed by atoms with Crippen molar-refractivity contribution in [3.8, 4) is 0 Å². The molecule has 0 saturated heterocycles. The zero-order valence-electron chi connectivity index (χ0n) is 20.2. The molecular weight excluding hydrogens is 568 g/mol. The van der Waals surface area contributed by atoms with Gasteiger partial charge >= 0.3 is 5.97 Å². The third-order valence-electron chi connectivity index (χ3n) is 6.07. The van der Waals surface area contributed by atoms with Gasteiger partial charge in [0.15, 0.2) is 0 Å². The van der Waals surface area contributed by atoms with Crippen LogP contribution in [-0.2, 0) is 22.6 Å². The molecule has 0 aliphatic carbocycles. The van der Waals surface area contributed by atoms with Crippen molar-refractivity contribution >= 4 is 64.3 Å². The molecule has 0 saturated carbocycles. The van der Waals surface area contributed by atoms with Crippen molar-refractivity contribution in [2.75, 3.05) is 13.1 Å². The highest BCUT2D eigenvalue weighted by Gasteiger charge is 2.29. The maximum Gasteiger partial charge on any atom is 0.328 e. The number of carbonyl (C=O) groups excluding carboxylic acids is 3. The van der Waals surface area contributed by atoms with Gasteiger partial charge in [-0.25, -0.2) is 9.18 Å². The van der Waals surface area contributed by atoms with Crippen molar-refractivity contribution < 1.29 is 28.7 Å². The monoisotopic (exact) mass is 589 g/mol. The van der Waals surface area contributed by atoms with Crippen LogP contribution in [0.25, 0.3) is 6.08 Å². The number of thiophene rings is 1. The highest BCUT2D eigenvalue weighted by molar-refractivity contribution is 7.12. The number of carboxylic acids is 1. The number of benzene rings is 2. The van der Waals surface area contributed by atoms with Crippen LogP contribution in [0.1, 0.15) is 36.7 Å². The molecule has 1 aliphatic heterocycles. The molecule has 2 heterocycles. The Hall–Kier alpha value is -3.73. The topological polar surface area (TPSA) is 116 Å². The third kappa shape index (κ3) is 6.65. The molecule has 2 aromatic carbocycles. The first kappa shape index (κ1) is 28.3. The minimum Gasteiger partial charge on any atom is -0.480 e. The zero-order chi connectivity index (χ0) is 28.1. The molecule has 0 radical (unpaired) electrons. The lowest BCUT2D eigenvalue weighted by atomic mass is 9.96. The van der Waals surface area contributed by atoms with E-state index in [0.29, 0.717) is 29.0 Å². The zero-order valence-corrected chi connectivity index (χ0v) is 22.6. The molecule has 4 rings (SSSR count). The summed E-state index contributed by atoms with van der Waals surface area (Å²) in [5.74, 6) is -3.38. The summed E-state index contributed by atoms with van der Waals surface area (Å²) in [5, 5.41) is 16.2. The molecule has 3 aromatic rings. The van der Waals surface area contributed by atoms with E-state index >= 15 is 0 Å². The Morgan fingerprint density at radius 3 is 2.59 bits per heavy atom. The second-order valence-electron chi connectivity index (χ2n) is 8.60. The number of fused-ring (bicyclic) bond motifs is 1. The molecule has 1 atom stereocenters. The molecule has 202 valence electrons. The van der Waals surface area contributed by atoms with Crippen LogP contribution < -0.4 is 10.6 Å². The van der Waals surface area contributed by atoms with Crippen molar-refractivity contribution in [3.63, 3.8) is 0 Å². The summed E-state index contributed by atoms with van der Waals surface area (Å²) in [6, 6.07) is 9.46. The lowest BCUT2D eigenvalue weighted by molar-refractivity contribution is -0.139. The van der Waals surface area contributed by atoms with Gasteiger partial charge < -0.3 is 20.6 Å². The van der Waals surface area contributed by atoms with E-state index in [1.807, 2.05) is 0 Å². The summed E-state index contributed by atoms with van der Waals surface area (Å²) in [6.07, 6.45) is 3.02. The van der Waals surface area contributed by atoms with Crippen LogP contribution in [0.3, 0.4) is 0 Å². The Morgan fingerprint density at radius 1 is 1.13 bits per heavy atom. The Morgan fingerprint density at radius 2 is 1.90 bits per heavy atom. The van der Waals surface area contributed by atoms with E-state index in [1.165, 1.54) is 35.6 Å². The number of nitrogens with zero attached hydrogens (tertiary/aromatic N) is 1. The van der Waals surface area contributed by atoms with E-state index in [-0.39, 0.29) is 40.2 Å². The van der Waals surface area contributed by atoms with Crippen molar-refractivity contribution in [1.82, 2.24) is 15.5 Å². The minimum atomic E-state index is -1.43. The molecule has 12 heteroatoms. The van der Waals surface area contributed by atoms with Gasteiger partial charge in [-0.2, -0.15) is 0 Å². The van der Waals surface area contributed by atoms with Crippen LogP contribution >= 0.6 is 34.5 Å². The lowest BCUT2D eigenvalue weighted by Crippen LogP contribution is -2.48. The molecule has 0 unspecified atom stereocenters. The van der Waals surface area contributed by atoms with Gasteiger partial charge in [0.05, 0.1) is 20.5 Å². The molecule has 0 fully saturated rings. The SMILES string of the molecule is O=C(NC[C@H](NC(=O)c1c(Cl)cc2c(c1Cl)CCN(C(=O)/C=C/c1ccccc1F)C2)C(=O)O)c1cccs1. The summed E-state index contributed by atoms with van der Waals surface area (Å²) in [7, 11) is 0. The fourth-order valence-corrected chi connectivity index (χ4v) is 5.45. The van der Waals surface area contributed by atoms with Gasteiger partial charge in [-0.15, -0.1) is 11.3 Å². The lowest BCUT2D eigenvalue weighted by Gasteiger charge is -2.29. The summed E-state index contributed by atoms with van der Waals surface area (Å²) < 4.78 is 13.8. The number of hydrogen-bond donors (Lipinski definition) is 3. The number of amides is 3. The van der Waals surface area contributed by atoms with Gasteiger partial charge in [0.2, 0.25) is 5.91 Å². The van der Waals surface area contributed by atoms with Crippen molar-refractivity contribution in [2.45, 2.75) is 19.0 Å². The molecule has 1 aromatic heterocycles. The number of halogens is 3. The number of rotatable bonds is 8. The summed E-state index contributed by atoms with van der Waals surface area (Å²) in [5.41, 5.74) is 1.45. The van der Waals surface area contributed by atoms with Crippen LogP contribution in [0.4, 0.5) is 4.39 Å². The average Bonchev–Trinajstić information content (AvgIpc) is 3.45. The number of aliphatic carboxylic acids is 1. The fourth-order valence-electron chi connectivity index (χ4n) is 4.04. The molecule has 8 nitrogen and oxygen atoms in total. The fraction of sp³-hybridized carbons (Fsp3) is 0.185. The molecular formula is C27H22Cl2FN3O5S. The number of nitrogens with one attached hydrogen (secondary N) is 2. The Labute approximate surface area is 237 Å². The normalized spacial score (nSPS) is 13.6. The summed E-state index contributed by atoms with van der Waals surface area (Å²) in [4.78, 5) is 51.6. The van der Waals surface area contributed by atoms with Crippen molar-refractivity contribution in [2.24, 2.45) is 0 Å². The summed E-state index contributed by atoms with van der Waals surface area (Å²) in [6.45, 7) is 0.113. The second kappa shape index (κ2) is 12.4. The first-order valence-electron chi connectivity index (χ1n) is 11.7. The van der Waals surface area contributed by atoms with Gasteiger partial charge in [0.25, 0.3) is 11.8 Å². The highest BCUT2D eigenvalue weighted by atomic mass is 35.5. The largest absolute Gasteiger partial charge is 0.480 e. The maximum absolute atomic E-state index is 13.8. The molecule has 0 bridgehead atoms. The standard InChI is InChI=1S/C27H22Cl2FN3O5S/c28-18-12-16-14-33(22(34)8-7-15-4-1-2-5-19(15)30)10-9-17(16)24(29)23(18)26(36)32-20(27(37)38)13-31-25(35)21-6-3-11-39-21/h1-8,11-12,20H,9-10,13-14H2,(H,31,35)(H,32,36)(H,37,38)/b8-7+/t20-/m0/s1. The molecule has 0 spiro atoms. The van der Waals surface area contributed by atoms with Crippen LogP contribution in [0, 0.1) is 5.82 Å². The van der Waals surface area contributed by atoms with Crippen LogP contribution in [-0.4, -0.2) is 52.8 Å². The van der Waals surface area contributed by atoms with Crippen LogP contribution in [0.5, 0.6) is 0 Å². The Balaban J connectivity index is 1.45. The van der Waals surface area contributed by atoms with Crippen LogP contribution in [0.2, 0.25) is 10.0 Å². The third-order valence-corrected chi connectivity index (χ3v) is 7.65. The van der Waals surface area contributed by atoms with E-state index < -0.39 is 29.6 Å². The highest BCUT2D eigenvalue weighted by Crippen LogP contribution is 2.34. The van der Waals surface area contributed by atoms with E-state index in [0.717, 1.165) is 0 Å². The Kier molecular flexibility index (Phi) is 9.01. The first-order valence-corrected chi connectivity index (χ1v) is 13.4. The van der Waals surface area contributed by atoms with Gasteiger partial charge in [0, 0.05) is 31.3 Å². The van der Waals surface area contributed by atoms with Crippen LogP contribution in [0.15, 0.2) is 53.9 Å². The Bertz CT molecular complexity index is 1460. The van der Waals surface area contributed by atoms with Gasteiger partial charge in [-0.05, 0) is 47.2 Å². The predicted octanol–water partition coefficient (Wildman–Crippen LogP) is 4.41. The molecule has 3 amide bonds. The molecule has 3 N–H and O–H groups in total. The van der Waals surface area contributed by atoms with E-state index in [2.05, 4.69) is 10.6 Å². The molecule has 39 heavy (non-hydrogen) atoms. The smallest absolute Gasteiger partial charge is 0.328 e. The van der Waals surface area contributed by atoms with Gasteiger partial charge in [-0.3, -0.25) is 14.4 Å². The van der Waals surface area contributed by atoms with Gasteiger partial charge in [-0.1, -0.05) is 47.5 Å². The van der Waals surface area contributed by atoms with Crippen molar-refractivity contribution in [3.05, 3.63) is 96.9 Å². The predicted molar refractivity (Wildman–Crippen MR) is 147 cm³/mol. The molecule has 1 aliphatic rings. The quantitative estimate of drug-likeness (QED) is 0.337. The second-order valence-corrected chi connectivity index (χ2v) is 10.3. The minimum absolute atomic E-state index is 0.0146. The van der Waals surface area contributed by atoms with E-state index in [1.54, 1.807) is 40.6 Å². The number of hydrogen-bond acceptors (Lipinski definition) is 5. The van der Waals surface area contributed by atoms with E-state index in [9.17, 15) is 28.7 Å². The van der Waals surface area contributed by atoms with E-state index in [4.69, 9.17) is 23.2 Å². The maximum atomic E-state index is 13.8. The van der Waals surface area contributed by atoms with Crippen molar-refractivity contribution in [1.29, 1.82) is 0 Å². The average molecular weight is 590 g/mol. The summed E-state index contributed by atoms with van der Waals surface area (Å²) >= 11 is 14.1.